The molecule has 0 radical (unpaired) electrons. The standard InChI is InChI=1S/C15H22ClNO/c1-3-12(10-18-2)17-13-8-11(9-13)14-6-4-5-7-15(14)16/h4-7,11-13,17H,3,8-10H2,1-2H3. The average Bonchev–Trinajstić information content (AvgIpc) is 2.33. The van der Waals surface area contributed by atoms with Crippen LogP contribution in [0.5, 0.6) is 0 Å². The molecule has 0 amide bonds. The first-order valence-corrected chi connectivity index (χ1v) is 7.11. The normalized spacial score (nSPS) is 24.6. The first-order chi connectivity index (χ1) is 8.74. The van der Waals surface area contributed by atoms with Crippen LogP contribution in [0.3, 0.4) is 0 Å². The molecule has 0 saturated heterocycles. The molecule has 0 heterocycles. The molecule has 1 atom stereocenters. The molecule has 0 aromatic heterocycles. The predicted molar refractivity (Wildman–Crippen MR) is 76.3 cm³/mol. The predicted octanol–water partition coefficient (Wildman–Crippen LogP) is 3.60. The molecular weight excluding hydrogens is 246 g/mol. The van der Waals surface area contributed by atoms with Gasteiger partial charge in [0.15, 0.2) is 0 Å². The topological polar surface area (TPSA) is 21.3 Å². The maximum Gasteiger partial charge on any atom is 0.0615 e. The molecule has 1 saturated carbocycles. The van der Waals surface area contributed by atoms with Gasteiger partial charge in [0.1, 0.15) is 0 Å². The number of hydrogen-bond acceptors (Lipinski definition) is 2. The van der Waals surface area contributed by atoms with Crippen molar-refractivity contribution < 1.29 is 4.74 Å². The van der Waals surface area contributed by atoms with Crippen LogP contribution in [0.15, 0.2) is 24.3 Å². The van der Waals surface area contributed by atoms with Crippen LogP contribution >= 0.6 is 11.6 Å². The Balaban J connectivity index is 1.82. The largest absolute Gasteiger partial charge is 0.383 e. The molecule has 3 heteroatoms. The monoisotopic (exact) mass is 267 g/mol. The van der Waals surface area contributed by atoms with E-state index in [-0.39, 0.29) is 0 Å². The Morgan fingerprint density at radius 3 is 2.72 bits per heavy atom. The summed E-state index contributed by atoms with van der Waals surface area (Å²) in [7, 11) is 1.76. The van der Waals surface area contributed by atoms with Gasteiger partial charge in [0.05, 0.1) is 6.61 Å². The van der Waals surface area contributed by atoms with Crippen molar-refractivity contribution in [1.29, 1.82) is 0 Å². The molecule has 2 nitrogen and oxygen atoms in total. The van der Waals surface area contributed by atoms with Crippen LogP contribution < -0.4 is 5.32 Å². The summed E-state index contributed by atoms with van der Waals surface area (Å²) in [6.07, 6.45) is 3.48. The summed E-state index contributed by atoms with van der Waals surface area (Å²) in [6, 6.07) is 9.29. The van der Waals surface area contributed by atoms with E-state index in [1.807, 2.05) is 12.1 Å². The summed E-state index contributed by atoms with van der Waals surface area (Å²) in [4.78, 5) is 0. The van der Waals surface area contributed by atoms with Crippen molar-refractivity contribution in [1.82, 2.24) is 5.32 Å². The summed E-state index contributed by atoms with van der Waals surface area (Å²) in [5.74, 6) is 0.622. The maximum atomic E-state index is 6.22. The van der Waals surface area contributed by atoms with E-state index >= 15 is 0 Å². The van der Waals surface area contributed by atoms with Gasteiger partial charge in [-0.2, -0.15) is 0 Å². The van der Waals surface area contributed by atoms with Crippen molar-refractivity contribution in [2.24, 2.45) is 0 Å². The molecule has 0 bridgehead atoms. The van der Waals surface area contributed by atoms with E-state index in [0.29, 0.717) is 18.0 Å². The van der Waals surface area contributed by atoms with Gasteiger partial charge in [-0.05, 0) is 36.8 Å². The van der Waals surface area contributed by atoms with Crippen molar-refractivity contribution in [3.8, 4) is 0 Å². The average molecular weight is 268 g/mol. The number of ether oxygens (including phenoxy) is 1. The van der Waals surface area contributed by atoms with Gasteiger partial charge in [-0.1, -0.05) is 36.7 Å². The number of rotatable bonds is 6. The van der Waals surface area contributed by atoms with Crippen molar-refractivity contribution in [3.63, 3.8) is 0 Å². The Bertz CT molecular complexity index is 377. The fraction of sp³-hybridized carbons (Fsp3) is 0.600. The lowest BCUT2D eigenvalue weighted by molar-refractivity contribution is 0.144. The van der Waals surface area contributed by atoms with Crippen LogP contribution in [0.4, 0.5) is 0 Å². The Hall–Kier alpha value is -0.570. The lowest BCUT2D eigenvalue weighted by atomic mass is 9.75. The van der Waals surface area contributed by atoms with Gasteiger partial charge < -0.3 is 10.1 Å². The Morgan fingerprint density at radius 2 is 2.11 bits per heavy atom. The van der Waals surface area contributed by atoms with E-state index in [2.05, 4.69) is 24.4 Å². The third kappa shape index (κ3) is 3.25. The fourth-order valence-electron chi connectivity index (χ4n) is 2.63. The second-order valence-corrected chi connectivity index (χ2v) is 5.52. The number of halogens is 1. The molecule has 1 aliphatic carbocycles. The number of nitrogens with one attached hydrogen (secondary N) is 1. The molecule has 0 aliphatic heterocycles. The Kier molecular flexibility index (Phi) is 5.04. The van der Waals surface area contributed by atoms with Crippen molar-refractivity contribution >= 4 is 11.6 Å². The molecule has 2 rings (SSSR count). The summed E-state index contributed by atoms with van der Waals surface area (Å²) in [6.45, 7) is 2.99. The highest BCUT2D eigenvalue weighted by Crippen LogP contribution is 2.40. The minimum absolute atomic E-state index is 0.479. The zero-order chi connectivity index (χ0) is 13.0. The molecule has 100 valence electrons. The first-order valence-electron chi connectivity index (χ1n) is 6.74. The van der Waals surface area contributed by atoms with Gasteiger partial charge in [-0.3, -0.25) is 0 Å². The lowest BCUT2D eigenvalue weighted by Crippen LogP contribution is -2.47. The molecule has 1 N–H and O–H groups in total. The highest BCUT2D eigenvalue weighted by atomic mass is 35.5. The van der Waals surface area contributed by atoms with Crippen LogP contribution in [0.2, 0.25) is 5.02 Å². The molecule has 0 spiro atoms. The third-order valence-corrected chi connectivity index (χ3v) is 4.16. The minimum atomic E-state index is 0.479. The van der Waals surface area contributed by atoms with Crippen LogP contribution in [0, 0.1) is 0 Å². The maximum absolute atomic E-state index is 6.22. The number of methoxy groups -OCH3 is 1. The summed E-state index contributed by atoms with van der Waals surface area (Å²) in [5, 5.41) is 4.56. The highest BCUT2D eigenvalue weighted by Gasteiger charge is 2.32. The number of hydrogen-bond donors (Lipinski definition) is 1. The van der Waals surface area contributed by atoms with E-state index < -0.39 is 0 Å². The van der Waals surface area contributed by atoms with Gasteiger partial charge in [0.2, 0.25) is 0 Å². The second-order valence-electron chi connectivity index (χ2n) is 5.11. The van der Waals surface area contributed by atoms with Gasteiger partial charge in [-0.25, -0.2) is 0 Å². The molecule has 1 aromatic carbocycles. The van der Waals surface area contributed by atoms with E-state index in [1.165, 1.54) is 18.4 Å². The van der Waals surface area contributed by atoms with E-state index in [4.69, 9.17) is 16.3 Å². The second kappa shape index (κ2) is 6.55. The quantitative estimate of drug-likeness (QED) is 0.850. The van der Waals surface area contributed by atoms with Gasteiger partial charge in [-0.15, -0.1) is 0 Å². The zero-order valence-corrected chi connectivity index (χ0v) is 11.9. The van der Waals surface area contributed by atoms with Crippen molar-refractivity contribution in [2.75, 3.05) is 13.7 Å². The summed E-state index contributed by atoms with van der Waals surface area (Å²) < 4.78 is 5.21. The fourth-order valence-corrected chi connectivity index (χ4v) is 2.92. The summed E-state index contributed by atoms with van der Waals surface area (Å²) >= 11 is 6.22. The van der Waals surface area contributed by atoms with E-state index in [1.54, 1.807) is 7.11 Å². The van der Waals surface area contributed by atoms with E-state index in [9.17, 15) is 0 Å². The molecule has 1 fully saturated rings. The molecule has 1 aromatic rings. The molecular formula is C15H22ClNO. The Morgan fingerprint density at radius 1 is 1.39 bits per heavy atom. The molecule has 1 unspecified atom stereocenters. The lowest BCUT2D eigenvalue weighted by Gasteiger charge is -2.39. The van der Waals surface area contributed by atoms with Crippen molar-refractivity contribution in [3.05, 3.63) is 34.9 Å². The zero-order valence-electron chi connectivity index (χ0n) is 11.2. The SMILES string of the molecule is CCC(COC)NC1CC(c2ccccc2Cl)C1. The highest BCUT2D eigenvalue weighted by molar-refractivity contribution is 6.31. The van der Waals surface area contributed by atoms with E-state index in [0.717, 1.165) is 18.1 Å². The van der Waals surface area contributed by atoms with Crippen LogP contribution in [0.25, 0.3) is 0 Å². The van der Waals surface area contributed by atoms with Gasteiger partial charge >= 0.3 is 0 Å². The van der Waals surface area contributed by atoms with Crippen LogP contribution in [-0.4, -0.2) is 25.8 Å². The van der Waals surface area contributed by atoms with Crippen molar-refractivity contribution in [2.45, 2.75) is 44.2 Å². The van der Waals surface area contributed by atoms with Gasteiger partial charge in [0.25, 0.3) is 0 Å². The molecule has 18 heavy (non-hydrogen) atoms. The number of benzene rings is 1. The van der Waals surface area contributed by atoms with Crippen LogP contribution in [-0.2, 0) is 4.74 Å². The minimum Gasteiger partial charge on any atom is -0.383 e. The summed E-state index contributed by atoms with van der Waals surface area (Å²) in [5.41, 5.74) is 1.30. The Labute approximate surface area is 115 Å². The van der Waals surface area contributed by atoms with Gasteiger partial charge in [0, 0.05) is 24.2 Å². The van der Waals surface area contributed by atoms with Crippen LogP contribution in [0.1, 0.15) is 37.7 Å². The molecule has 1 aliphatic rings. The smallest absolute Gasteiger partial charge is 0.0615 e. The third-order valence-electron chi connectivity index (χ3n) is 3.82. The first kappa shape index (κ1) is 13.9.